The van der Waals surface area contributed by atoms with Crippen molar-refractivity contribution < 1.29 is 0 Å². The first-order valence-electron chi connectivity index (χ1n) is 9.14. The molecule has 0 unspecified atom stereocenters. The molecule has 0 N–H and O–H groups in total. The number of nitrogens with zero attached hydrogens (tertiary/aromatic N) is 4. The highest BCUT2D eigenvalue weighted by molar-refractivity contribution is 7.13. The molecular formula is C24H18N4S. The van der Waals surface area contributed by atoms with E-state index in [9.17, 15) is 0 Å². The quantitative estimate of drug-likeness (QED) is 0.376. The molecule has 5 heteroatoms. The van der Waals surface area contributed by atoms with Gasteiger partial charge in [0, 0.05) is 30.4 Å². The second-order valence-corrected chi connectivity index (χ2v) is 7.00. The van der Waals surface area contributed by atoms with Crippen LogP contribution in [-0.2, 0) is 0 Å². The number of rotatable bonds is 3. The maximum Gasteiger partial charge on any atom is 0.0894 e. The lowest BCUT2D eigenvalue weighted by Gasteiger charge is -2.02. The van der Waals surface area contributed by atoms with Crippen LogP contribution >= 0.6 is 11.3 Å². The SMILES string of the molecule is c1ccc(-c2cccc(-c3cccs3)n2)nc1.c1ccc(-c2cccnc2)nc1. The smallest absolute Gasteiger partial charge is 0.0894 e. The molecule has 140 valence electrons. The molecular weight excluding hydrogens is 376 g/mol. The molecule has 4 nitrogen and oxygen atoms in total. The van der Waals surface area contributed by atoms with Crippen molar-refractivity contribution in [1.29, 1.82) is 0 Å². The summed E-state index contributed by atoms with van der Waals surface area (Å²) in [7, 11) is 0. The van der Waals surface area contributed by atoms with Crippen LogP contribution in [0.2, 0.25) is 0 Å². The maximum atomic E-state index is 4.63. The highest BCUT2D eigenvalue weighted by Gasteiger charge is 2.04. The van der Waals surface area contributed by atoms with Crippen molar-refractivity contribution in [3.05, 3.63) is 109 Å². The molecule has 0 atom stereocenters. The van der Waals surface area contributed by atoms with Gasteiger partial charge in [0.2, 0.25) is 0 Å². The van der Waals surface area contributed by atoms with E-state index in [1.807, 2.05) is 79.0 Å². The molecule has 5 rings (SSSR count). The summed E-state index contributed by atoms with van der Waals surface area (Å²) >= 11 is 1.70. The average Bonchev–Trinajstić information content (AvgIpc) is 3.37. The van der Waals surface area contributed by atoms with Gasteiger partial charge in [-0.2, -0.15) is 0 Å². The van der Waals surface area contributed by atoms with Crippen molar-refractivity contribution in [2.75, 3.05) is 0 Å². The minimum absolute atomic E-state index is 0.908. The maximum absolute atomic E-state index is 4.63. The molecule has 0 aliphatic heterocycles. The van der Waals surface area contributed by atoms with Gasteiger partial charge in [0.15, 0.2) is 0 Å². The Hall–Kier alpha value is -3.70. The standard InChI is InChI=1S/C14H10N2S.C10H8N2/c1-2-9-15-11(5-1)12-6-3-7-13(16-12)14-8-4-10-17-14;1-2-7-12-10(5-1)9-4-3-6-11-8-9/h1-10H;1-8H. The van der Waals surface area contributed by atoms with Gasteiger partial charge in [-0.1, -0.05) is 24.3 Å². The fraction of sp³-hybridized carbons (Fsp3) is 0. The van der Waals surface area contributed by atoms with Crippen LogP contribution in [-0.4, -0.2) is 19.9 Å². The Labute approximate surface area is 173 Å². The van der Waals surface area contributed by atoms with Crippen LogP contribution in [0.1, 0.15) is 0 Å². The lowest BCUT2D eigenvalue weighted by atomic mass is 10.2. The molecule has 0 amide bonds. The fourth-order valence-corrected chi connectivity index (χ4v) is 3.40. The van der Waals surface area contributed by atoms with Gasteiger partial charge < -0.3 is 0 Å². The second kappa shape index (κ2) is 9.48. The highest BCUT2D eigenvalue weighted by atomic mass is 32.1. The van der Waals surface area contributed by atoms with Gasteiger partial charge in [0.05, 0.1) is 27.7 Å². The van der Waals surface area contributed by atoms with E-state index in [1.165, 1.54) is 4.88 Å². The van der Waals surface area contributed by atoms with Crippen LogP contribution in [0.5, 0.6) is 0 Å². The van der Waals surface area contributed by atoms with Crippen LogP contribution < -0.4 is 0 Å². The largest absolute Gasteiger partial charge is 0.264 e. The van der Waals surface area contributed by atoms with Gasteiger partial charge in [-0.05, 0) is 60.0 Å². The van der Waals surface area contributed by atoms with Crippen molar-refractivity contribution in [2.45, 2.75) is 0 Å². The van der Waals surface area contributed by atoms with E-state index in [0.29, 0.717) is 0 Å². The lowest BCUT2D eigenvalue weighted by Crippen LogP contribution is -1.88. The van der Waals surface area contributed by atoms with Crippen molar-refractivity contribution in [2.24, 2.45) is 0 Å². The Kier molecular flexibility index (Phi) is 6.10. The van der Waals surface area contributed by atoms with E-state index < -0.39 is 0 Å². The van der Waals surface area contributed by atoms with Crippen molar-refractivity contribution in [3.8, 4) is 33.2 Å². The minimum Gasteiger partial charge on any atom is -0.264 e. The summed E-state index contributed by atoms with van der Waals surface area (Å²) in [5.41, 5.74) is 4.84. The Bertz CT molecular complexity index is 1090. The molecule has 5 heterocycles. The van der Waals surface area contributed by atoms with Gasteiger partial charge in [-0.25, -0.2) is 4.98 Å². The second-order valence-electron chi connectivity index (χ2n) is 6.06. The zero-order chi connectivity index (χ0) is 19.7. The van der Waals surface area contributed by atoms with Crippen molar-refractivity contribution >= 4 is 11.3 Å². The first-order chi connectivity index (χ1) is 14.4. The number of hydrogen-bond acceptors (Lipinski definition) is 5. The predicted molar refractivity (Wildman–Crippen MR) is 118 cm³/mol. The van der Waals surface area contributed by atoms with Gasteiger partial charge >= 0.3 is 0 Å². The summed E-state index contributed by atoms with van der Waals surface area (Å²) < 4.78 is 0. The van der Waals surface area contributed by atoms with Crippen LogP contribution in [0.25, 0.3) is 33.2 Å². The summed E-state index contributed by atoms with van der Waals surface area (Å²) in [6.07, 6.45) is 7.13. The lowest BCUT2D eigenvalue weighted by molar-refractivity contribution is 1.25. The van der Waals surface area contributed by atoms with E-state index >= 15 is 0 Å². The van der Waals surface area contributed by atoms with Gasteiger partial charge in [0.1, 0.15) is 0 Å². The number of pyridine rings is 4. The molecule has 0 aliphatic carbocycles. The van der Waals surface area contributed by atoms with E-state index in [-0.39, 0.29) is 0 Å². The summed E-state index contributed by atoms with van der Waals surface area (Å²) in [6, 6.07) is 25.7. The molecule has 0 saturated heterocycles. The molecule has 0 saturated carbocycles. The van der Waals surface area contributed by atoms with E-state index in [1.54, 1.807) is 29.9 Å². The van der Waals surface area contributed by atoms with Crippen LogP contribution in [0.15, 0.2) is 109 Å². The zero-order valence-corrected chi connectivity index (χ0v) is 16.4. The third kappa shape index (κ3) is 4.97. The van der Waals surface area contributed by atoms with Crippen LogP contribution in [0.4, 0.5) is 0 Å². The van der Waals surface area contributed by atoms with E-state index in [2.05, 4.69) is 31.4 Å². The number of aromatic nitrogens is 4. The molecule has 0 aliphatic rings. The topological polar surface area (TPSA) is 51.6 Å². The molecule has 5 aromatic heterocycles. The van der Waals surface area contributed by atoms with E-state index in [4.69, 9.17) is 0 Å². The van der Waals surface area contributed by atoms with Crippen LogP contribution in [0.3, 0.4) is 0 Å². The third-order valence-corrected chi connectivity index (χ3v) is 4.96. The number of hydrogen-bond donors (Lipinski definition) is 0. The Morgan fingerprint density at radius 2 is 1.31 bits per heavy atom. The molecule has 0 bridgehead atoms. The molecule has 29 heavy (non-hydrogen) atoms. The van der Waals surface area contributed by atoms with Crippen molar-refractivity contribution in [3.63, 3.8) is 0 Å². The minimum atomic E-state index is 0.908. The first-order valence-corrected chi connectivity index (χ1v) is 10.0. The predicted octanol–water partition coefficient (Wildman–Crippen LogP) is 6.02. The molecule has 0 spiro atoms. The molecule has 0 aromatic carbocycles. The zero-order valence-electron chi connectivity index (χ0n) is 15.6. The monoisotopic (exact) mass is 394 g/mol. The van der Waals surface area contributed by atoms with Crippen LogP contribution in [0, 0.1) is 0 Å². The molecule has 5 aromatic rings. The van der Waals surface area contributed by atoms with Crippen molar-refractivity contribution in [1.82, 2.24) is 19.9 Å². The summed E-state index contributed by atoms with van der Waals surface area (Å²) in [6.45, 7) is 0. The normalized spacial score (nSPS) is 10.1. The number of thiophene rings is 1. The molecule has 0 radical (unpaired) electrons. The Balaban J connectivity index is 0.000000150. The highest BCUT2D eigenvalue weighted by Crippen LogP contribution is 2.24. The molecule has 0 fully saturated rings. The summed E-state index contributed by atoms with van der Waals surface area (Å²) in [4.78, 5) is 18.4. The summed E-state index contributed by atoms with van der Waals surface area (Å²) in [5.74, 6) is 0. The van der Waals surface area contributed by atoms with E-state index in [0.717, 1.165) is 28.3 Å². The van der Waals surface area contributed by atoms with Gasteiger partial charge in [-0.3, -0.25) is 15.0 Å². The van der Waals surface area contributed by atoms with Gasteiger partial charge in [0.25, 0.3) is 0 Å². The average molecular weight is 395 g/mol. The summed E-state index contributed by atoms with van der Waals surface area (Å²) in [5, 5.41) is 2.06. The fourth-order valence-electron chi connectivity index (χ4n) is 2.70. The third-order valence-electron chi connectivity index (χ3n) is 4.07. The van der Waals surface area contributed by atoms with Gasteiger partial charge in [-0.15, -0.1) is 11.3 Å². The first kappa shape index (κ1) is 18.7. The Morgan fingerprint density at radius 1 is 0.552 bits per heavy atom. The Morgan fingerprint density at radius 3 is 1.97 bits per heavy atom.